The monoisotopic (exact) mass is 356 g/mol. The zero-order valence-electron chi connectivity index (χ0n) is 15.3. The van der Waals surface area contributed by atoms with E-state index in [-0.39, 0.29) is 17.2 Å². The summed E-state index contributed by atoms with van der Waals surface area (Å²) >= 11 is 0. The van der Waals surface area contributed by atoms with Gasteiger partial charge in [0.05, 0.1) is 6.61 Å². The van der Waals surface area contributed by atoms with Crippen LogP contribution in [-0.4, -0.2) is 43.0 Å². The van der Waals surface area contributed by atoms with E-state index >= 15 is 0 Å². The third kappa shape index (κ3) is 3.63. The molecule has 2 heterocycles. The molecule has 1 N–H and O–H groups in total. The number of hydrogen-bond acceptors (Lipinski definition) is 4. The molecule has 1 aliphatic carbocycles. The number of ether oxygens (including phenoxy) is 1. The lowest BCUT2D eigenvalue weighted by atomic mass is 9.76. The van der Waals surface area contributed by atoms with Crippen molar-refractivity contribution in [2.24, 2.45) is 11.3 Å². The normalized spacial score (nSPS) is 24.6. The fraction of sp³-hybridized carbons (Fsp3) is 0.619. The van der Waals surface area contributed by atoms with E-state index in [1.165, 1.54) is 10.5 Å². The molecule has 4 rings (SSSR count). The largest absolute Gasteiger partial charge is 0.493 e. The third-order valence-corrected chi connectivity index (χ3v) is 6.22. The van der Waals surface area contributed by atoms with Gasteiger partial charge in [-0.1, -0.05) is 31.0 Å². The van der Waals surface area contributed by atoms with Crippen molar-refractivity contribution < 1.29 is 14.3 Å². The third-order valence-electron chi connectivity index (χ3n) is 6.22. The molecule has 0 aromatic heterocycles. The summed E-state index contributed by atoms with van der Waals surface area (Å²) in [6.07, 6.45) is 6.54. The number of carbonyl (C=O) groups is 2. The highest BCUT2D eigenvalue weighted by molar-refractivity contribution is 5.98. The van der Waals surface area contributed by atoms with Crippen molar-refractivity contribution in [2.75, 3.05) is 26.2 Å². The second-order valence-electron chi connectivity index (χ2n) is 8.19. The Bertz CT molecular complexity index is 662. The summed E-state index contributed by atoms with van der Waals surface area (Å²) in [5, 5.41) is 3.41. The van der Waals surface area contributed by atoms with Gasteiger partial charge in [0.15, 0.2) is 0 Å². The molecule has 1 spiro atoms. The van der Waals surface area contributed by atoms with Crippen LogP contribution in [0.5, 0.6) is 5.75 Å². The zero-order chi connectivity index (χ0) is 18.0. The molecule has 5 heteroatoms. The molecule has 1 aromatic carbocycles. The van der Waals surface area contributed by atoms with Crippen LogP contribution < -0.4 is 10.1 Å². The molecule has 26 heavy (non-hydrogen) atoms. The minimum absolute atomic E-state index is 0.00901. The Hall–Kier alpha value is -1.88. The molecule has 1 atom stereocenters. The summed E-state index contributed by atoms with van der Waals surface area (Å²) in [5.74, 6) is 1.48. The number of rotatable bonds is 5. The molecular weight excluding hydrogens is 328 g/mol. The maximum absolute atomic E-state index is 12.5. The zero-order valence-corrected chi connectivity index (χ0v) is 15.3. The molecule has 0 radical (unpaired) electrons. The first kappa shape index (κ1) is 17.5. The Balaban J connectivity index is 1.22. The average molecular weight is 356 g/mol. The van der Waals surface area contributed by atoms with E-state index in [2.05, 4.69) is 11.4 Å². The number of piperidine rings is 1. The standard InChI is InChI=1S/C21H28N2O3/c24-19-12-21(7-3-4-8-21)13-20(25)23(19)10-9-22-14-16-11-17-5-1-2-6-18(17)26-15-16/h1-2,5-6,16,22H,3-4,7-15H2/t16-/m0/s1. The SMILES string of the molecule is O=C1CC2(CCCC2)CC(=O)N1CCNC[C@H]1COc2ccccc2C1. The second kappa shape index (κ2) is 7.39. The van der Waals surface area contributed by atoms with Crippen molar-refractivity contribution in [2.45, 2.75) is 44.9 Å². The highest BCUT2D eigenvalue weighted by atomic mass is 16.5. The van der Waals surface area contributed by atoms with Crippen molar-refractivity contribution in [1.82, 2.24) is 10.2 Å². The van der Waals surface area contributed by atoms with Crippen LogP contribution in [0.4, 0.5) is 0 Å². The van der Waals surface area contributed by atoms with Gasteiger partial charge in [-0.25, -0.2) is 0 Å². The predicted molar refractivity (Wildman–Crippen MR) is 98.9 cm³/mol. The number of benzene rings is 1. The van der Waals surface area contributed by atoms with E-state index in [4.69, 9.17) is 4.74 Å². The lowest BCUT2D eigenvalue weighted by molar-refractivity contribution is -0.153. The molecule has 1 saturated carbocycles. The predicted octanol–water partition coefficient (Wildman–Crippen LogP) is 2.54. The van der Waals surface area contributed by atoms with Gasteiger partial charge in [0.1, 0.15) is 5.75 Å². The smallest absolute Gasteiger partial charge is 0.229 e. The molecule has 3 aliphatic rings. The molecule has 1 saturated heterocycles. The Morgan fingerprint density at radius 3 is 2.62 bits per heavy atom. The number of hydrogen-bond donors (Lipinski definition) is 1. The minimum atomic E-state index is -0.00901. The highest BCUT2D eigenvalue weighted by Crippen LogP contribution is 2.46. The number of nitrogens with zero attached hydrogens (tertiary/aromatic N) is 1. The number of likely N-dealkylation sites (tertiary alicyclic amines) is 1. The van der Waals surface area contributed by atoms with Gasteiger partial charge in [-0.2, -0.15) is 0 Å². The second-order valence-corrected chi connectivity index (χ2v) is 8.19. The first-order valence-corrected chi connectivity index (χ1v) is 9.90. The van der Waals surface area contributed by atoms with Crippen LogP contribution in [-0.2, 0) is 16.0 Å². The van der Waals surface area contributed by atoms with Gasteiger partial charge in [-0.15, -0.1) is 0 Å². The lowest BCUT2D eigenvalue weighted by Gasteiger charge is -2.37. The van der Waals surface area contributed by atoms with Crippen molar-refractivity contribution in [3.05, 3.63) is 29.8 Å². The number of fused-ring (bicyclic) bond motifs is 1. The van der Waals surface area contributed by atoms with Gasteiger partial charge in [0.2, 0.25) is 11.8 Å². The first-order chi connectivity index (χ1) is 12.7. The quantitative estimate of drug-likeness (QED) is 0.651. The molecule has 2 aliphatic heterocycles. The lowest BCUT2D eigenvalue weighted by Crippen LogP contribution is -2.49. The van der Waals surface area contributed by atoms with E-state index in [0.717, 1.165) is 44.4 Å². The Morgan fingerprint density at radius 1 is 1.12 bits per heavy atom. The maximum Gasteiger partial charge on any atom is 0.229 e. The summed E-state index contributed by atoms with van der Waals surface area (Å²) < 4.78 is 5.81. The fourth-order valence-corrected chi connectivity index (χ4v) is 4.78. The van der Waals surface area contributed by atoms with Crippen LogP contribution >= 0.6 is 0 Å². The van der Waals surface area contributed by atoms with Gasteiger partial charge in [-0.05, 0) is 36.3 Å². The number of para-hydroxylation sites is 1. The van der Waals surface area contributed by atoms with Crippen molar-refractivity contribution >= 4 is 11.8 Å². The van der Waals surface area contributed by atoms with Crippen LogP contribution in [0.3, 0.4) is 0 Å². The number of amides is 2. The van der Waals surface area contributed by atoms with E-state index in [0.29, 0.717) is 38.5 Å². The Kier molecular flexibility index (Phi) is 4.98. The maximum atomic E-state index is 12.5. The van der Waals surface area contributed by atoms with Crippen LogP contribution in [0, 0.1) is 11.3 Å². The van der Waals surface area contributed by atoms with E-state index in [1.54, 1.807) is 0 Å². The fourth-order valence-electron chi connectivity index (χ4n) is 4.78. The average Bonchev–Trinajstić information content (AvgIpc) is 3.07. The van der Waals surface area contributed by atoms with Crippen LogP contribution in [0.2, 0.25) is 0 Å². The van der Waals surface area contributed by atoms with Gasteiger partial charge in [-0.3, -0.25) is 14.5 Å². The first-order valence-electron chi connectivity index (χ1n) is 9.90. The molecule has 5 nitrogen and oxygen atoms in total. The molecule has 2 amide bonds. The molecule has 0 bridgehead atoms. The van der Waals surface area contributed by atoms with Crippen LogP contribution in [0.1, 0.15) is 44.1 Å². The number of imide groups is 1. The highest BCUT2D eigenvalue weighted by Gasteiger charge is 2.44. The number of carbonyl (C=O) groups excluding carboxylic acids is 2. The van der Waals surface area contributed by atoms with Crippen molar-refractivity contribution in [3.8, 4) is 5.75 Å². The summed E-state index contributed by atoms with van der Waals surface area (Å²) in [6.45, 7) is 2.70. The van der Waals surface area contributed by atoms with Gasteiger partial charge in [0, 0.05) is 38.4 Å². The molecule has 140 valence electrons. The van der Waals surface area contributed by atoms with Gasteiger partial charge >= 0.3 is 0 Å². The molecule has 1 aromatic rings. The topological polar surface area (TPSA) is 58.6 Å². The van der Waals surface area contributed by atoms with E-state index < -0.39 is 0 Å². The van der Waals surface area contributed by atoms with Gasteiger partial charge in [0.25, 0.3) is 0 Å². The minimum Gasteiger partial charge on any atom is -0.493 e. The number of nitrogens with one attached hydrogen (secondary N) is 1. The summed E-state index contributed by atoms with van der Waals surface area (Å²) in [7, 11) is 0. The molecule has 2 fully saturated rings. The summed E-state index contributed by atoms with van der Waals surface area (Å²) in [4.78, 5) is 26.4. The van der Waals surface area contributed by atoms with E-state index in [9.17, 15) is 9.59 Å². The van der Waals surface area contributed by atoms with Crippen LogP contribution in [0.15, 0.2) is 24.3 Å². The molecule has 0 unspecified atom stereocenters. The van der Waals surface area contributed by atoms with Crippen molar-refractivity contribution in [3.63, 3.8) is 0 Å². The Labute approximate surface area is 155 Å². The Morgan fingerprint density at radius 2 is 1.85 bits per heavy atom. The van der Waals surface area contributed by atoms with Gasteiger partial charge < -0.3 is 10.1 Å². The molecular formula is C21H28N2O3. The van der Waals surface area contributed by atoms with Crippen LogP contribution in [0.25, 0.3) is 0 Å². The van der Waals surface area contributed by atoms with E-state index in [1.807, 2.05) is 18.2 Å². The van der Waals surface area contributed by atoms with Crippen molar-refractivity contribution in [1.29, 1.82) is 0 Å². The summed E-state index contributed by atoms with van der Waals surface area (Å²) in [5.41, 5.74) is 1.25. The summed E-state index contributed by atoms with van der Waals surface area (Å²) in [6, 6.07) is 8.18.